The number of fused-ring (bicyclic) bond motifs is 1. The molecule has 0 aromatic heterocycles. The van der Waals surface area contributed by atoms with Crippen molar-refractivity contribution >= 4 is 16.7 Å². The molecule has 0 aliphatic rings. The van der Waals surface area contributed by atoms with Gasteiger partial charge in [-0.2, -0.15) is 0 Å². The van der Waals surface area contributed by atoms with Crippen molar-refractivity contribution in [2.45, 2.75) is 18.9 Å². The number of carboxylic acids is 1. The van der Waals surface area contributed by atoms with Crippen LogP contribution in [0.5, 0.6) is 11.5 Å². The van der Waals surface area contributed by atoms with Crippen molar-refractivity contribution in [1.29, 1.82) is 0 Å². The van der Waals surface area contributed by atoms with Crippen molar-refractivity contribution in [3.63, 3.8) is 0 Å². The number of methoxy groups -OCH3 is 2. The predicted octanol–water partition coefficient (Wildman–Crippen LogP) is 2.37. The fourth-order valence-corrected chi connectivity index (χ4v) is 2.41. The normalized spacial score (nSPS) is 13.7. The summed E-state index contributed by atoms with van der Waals surface area (Å²) in [5, 5.41) is 11.0. The number of hydrogen-bond acceptors (Lipinski definition) is 4. The summed E-state index contributed by atoms with van der Waals surface area (Å²) in [7, 11) is 3.16. The van der Waals surface area contributed by atoms with Crippen LogP contribution < -0.4 is 15.2 Å². The fourth-order valence-electron chi connectivity index (χ4n) is 2.41. The SMILES string of the molecule is COc1cc2cccc(OC)c2cc1C(C)C(N)C(=O)O. The largest absolute Gasteiger partial charge is 0.496 e. The summed E-state index contributed by atoms with van der Waals surface area (Å²) >= 11 is 0. The van der Waals surface area contributed by atoms with Gasteiger partial charge in [-0.05, 0) is 29.1 Å². The molecule has 0 spiro atoms. The average Bonchev–Trinajstić information content (AvgIpc) is 2.51. The molecule has 0 amide bonds. The van der Waals surface area contributed by atoms with Gasteiger partial charge in [-0.25, -0.2) is 0 Å². The number of carbonyl (C=O) groups is 1. The molecule has 0 bridgehead atoms. The molecule has 2 unspecified atom stereocenters. The molecule has 0 saturated carbocycles. The van der Waals surface area contributed by atoms with E-state index >= 15 is 0 Å². The van der Waals surface area contributed by atoms with Gasteiger partial charge in [0, 0.05) is 11.3 Å². The van der Waals surface area contributed by atoms with Crippen LogP contribution in [0.15, 0.2) is 30.3 Å². The van der Waals surface area contributed by atoms with E-state index in [0.29, 0.717) is 5.75 Å². The molecule has 3 N–H and O–H groups in total. The lowest BCUT2D eigenvalue weighted by Crippen LogP contribution is -2.35. The highest BCUT2D eigenvalue weighted by Crippen LogP contribution is 2.36. The van der Waals surface area contributed by atoms with Crippen molar-refractivity contribution in [3.05, 3.63) is 35.9 Å². The molecule has 0 fully saturated rings. The molecular formula is C16H19NO4. The Morgan fingerprint density at radius 1 is 1.19 bits per heavy atom. The van der Waals surface area contributed by atoms with Gasteiger partial charge in [0.15, 0.2) is 0 Å². The van der Waals surface area contributed by atoms with E-state index < -0.39 is 12.0 Å². The quantitative estimate of drug-likeness (QED) is 0.883. The number of hydrogen-bond donors (Lipinski definition) is 2. The van der Waals surface area contributed by atoms with Gasteiger partial charge in [-0.1, -0.05) is 19.1 Å². The lowest BCUT2D eigenvalue weighted by atomic mass is 9.91. The molecule has 21 heavy (non-hydrogen) atoms. The second-order valence-electron chi connectivity index (χ2n) is 4.93. The summed E-state index contributed by atoms with van der Waals surface area (Å²) < 4.78 is 10.7. The maximum absolute atomic E-state index is 11.1. The molecule has 2 aromatic rings. The van der Waals surface area contributed by atoms with Crippen LogP contribution in [0.3, 0.4) is 0 Å². The Balaban J connectivity index is 2.63. The highest BCUT2D eigenvalue weighted by atomic mass is 16.5. The Labute approximate surface area is 123 Å². The molecule has 5 heteroatoms. The Bertz CT molecular complexity index is 669. The minimum Gasteiger partial charge on any atom is -0.496 e. The number of nitrogens with two attached hydrogens (primary N) is 1. The third kappa shape index (κ3) is 2.78. The summed E-state index contributed by atoms with van der Waals surface area (Å²) in [6, 6.07) is 8.48. The van der Waals surface area contributed by atoms with E-state index in [4.69, 9.17) is 20.3 Å². The zero-order valence-corrected chi connectivity index (χ0v) is 12.3. The van der Waals surface area contributed by atoms with E-state index in [1.54, 1.807) is 21.1 Å². The Morgan fingerprint density at radius 3 is 2.43 bits per heavy atom. The van der Waals surface area contributed by atoms with Crippen LogP contribution in [0, 0.1) is 0 Å². The second-order valence-corrected chi connectivity index (χ2v) is 4.93. The number of aliphatic carboxylic acids is 1. The van der Waals surface area contributed by atoms with Gasteiger partial charge < -0.3 is 20.3 Å². The molecule has 2 aromatic carbocycles. The second kappa shape index (κ2) is 6.01. The van der Waals surface area contributed by atoms with Crippen LogP contribution >= 0.6 is 0 Å². The van der Waals surface area contributed by atoms with E-state index in [9.17, 15) is 4.79 Å². The van der Waals surface area contributed by atoms with Crippen molar-refractivity contribution in [2.24, 2.45) is 5.73 Å². The van der Waals surface area contributed by atoms with Crippen molar-refractivity contribution in [2.75, 3.05) is 14.2 Å². The minimum absolute atomic E-state index is 0.383. The van der Waals surface area contributed by atoms with Crippen LogP contribution in [-0.2, 0) is 4.79 Å². The van der Waals surface area contributed by atoms with Gasteiger partial charge in [0.1, 0.15) is 17.5 Å². The molecule has 5 nitrogen and oxygen atoms in total. The first-order valence-corrected chi connectivity index (χ1v) is 6.62. The first-order valence-electron chi connectivity index (χ1n) is 6.62. The lowest BCUT2D eigenvalue weighted by Gasteiger charge is -2.20. The van der Waals surface area contributed by atoms with Crippen LogP contribution in [0.25, 0.3) is 10.8 Å². The van der Waals surface area contributed by atoms with Gasteiger partial charge in [0.05, 0.1) is 14.2 Å². The molecule has 0 heterocycles. The summed E-state index contributed by atoms with van der Waals surface area (Å²) in [4.78, 5) is 11.1. The van der Waals surface area contributed by atoms with Gasteiger partial charge in [-0.3, -0.25) is 4.79 Å². The number of carboxylic acid groups (broad SMARTS) is 1. The molecule has 0 aliphatic carbocycles. The molecule has 0 saturated heterocycles. The van der Waals surface area contributed by atoms with Crippen LogP contribution in [-0.4, -0.2) is 31.3 Å². The first kappa shape index (κ1) is 15.1. The van der Waals surface area contributed by atoms with Gasteiger partial charge >= 0.3 is 5.97 Å². The van der Waals surface area contributed by atoms with E-state index in [1.807, 2.05) is 30.3 Å². The Kier molecular flexibility index (Phi) is 4.33. The molecule has 112 valence electrons. The maximum Gasteiger partial charge on any atom is 0.321 e. The van der Waals surface area contributed by atoms with Gasteiger partial charge in [-0.15, -0.1) is 0 Å². The molecule has 0 radical (unpaired) electrons. The number of benzene rings is 2. The van der Waals surface area contributed by atoms with Gasteiger partial charge in [0.2, 0.25) is 0 Å². The van der Waals surface area contributed by atoms with Crippen molar-refractivity contribution < 1.29 is 19.4 Å². The average molecular weight is 289 g/mol. The summed E-state index contributed by atoms with van der Waals surface area (Å²) in [6.45, 7) is 1.78. The molecule has 2 atom stereocenters. The van der Waals surface area contributed by atoms with E-state index in [-0.39, 0.29) is 5.92 Å². The van der Waals surface area contributed by atoms with E-state index in [0.717, 1.165) is 22.1 Å². The fraction of sp³-hybridized carbons (Fsp3) is 0.312. The molecule has 2 rings (SSSR count). The topological polar surface area (TPSA) is 81.8 Å². The van der Waals surface area contributed by atoms with Crippen LogP contribution in [0.4, 0.5) is 0 Å². The maximum atomic E-state index is 11.1. The Morgan fingerprint density at radius 2 is 1.86 bits per heavy atom. The smallest absolute Gasteiger partial charge is 0.321 e. The lowest BCUT2D eigenvalue weighted by molar-refractivity contribution is -0.139. The summed E-state index contributed by atoms with van der Waals surface area (Å²) in [5.41, 5.74) is 6.50. The zero-order chi connectivity index (χ0) is 15.6. The zero-order valence-electron chi connectivity index (χ0n) is 12.3. The third-order valence-electron chi connectivity index (χ3n) is 3.73. The number of ether oxygens (including phenoxy) is 2. The summed E-state index contributed by atoms with van der Waals surface area (Å²) in [6.07, 6.45) is 0. The molecular weight excluding hydrogens is 270 g/mol. The summed E-state index contributed by atoms with van der Waals surface area (Å²) in [5.74, 6) is -0.0658. The van der Waals surface area contributed by atoms with E-state index in [2.05, 4.69) is 0 Å². The predicted molar refractivity (Wildman–Crippen MR) is 81.1 cm³/mol. The minimum atomic E-state index is -1.04. The monoisotopic (exact) mass is 289 g/mol. The van der Waals surface area contributed by atoms with Crippen molar-refractivity contribution in [1.82, 2.24) is 0 Å². The highest BCUT2D eigenvalue weighted by molar-refractivity contribution is 5.91. The molecule has 0 aliphatic heterocycles. The van der Waals surface area contributed by atoms with Crippen LogP contribution in [0.1, 0.15) is 18.4 Å². The Hall–Kier alpha value is -2.27. The first-order chi connectivity index (χ1) is 9.99. The van der Waals surface area contributed by atoms with E-state index in [1.165, 1.54) is 0 Å². The van der Waals surface area contributed by atoms with Gasteiger partial charge in [0.25, 0.3) is 0 Å². The van der Waals surface area contributed by atoms with Crippen molar-refractivity contribution in [3.8, 4) is 11.5 Å². The standard InChI is InChI=1S/C16H19NO4/c1-9(15(17)16(18)19)11-8-12-10(7-14(11)21-3)5-4-6-13(12)20-2/h4-9,15H,17H2,1-3H3,(H,18,19). The third-order valence-corrected chi connectivity index (χ3v) is 3.73. The highest BCUT2D eigenvalue weighted by Gasteiger charge is 2.25. The number of rotatable bonds is 5. The van der Waals surface area contributed by atoms with Crippen LogP contribution in [0.2, 0.25) is 0 Å².